The lowest BCUT2D eigenvalue weighted by molar-refractivity contribution is 0.590. The molecule has 64 heavy (non-hydrogen) atoms. The predicted molar refractivity (Wildman–Crippen MR) is 275 cm³/mol. The highest BCUT2D eigenvalue weighted by Crippen LogP contribution is 2.55. The van der Waals surface area contributed by atoms with Crippen LogP contribution in [0.25, 0.3) is 91.9 Å². The van der Waals surface area contributed by atoms with Crippen molar-refractivity contribution in [3.05, 3.63) is 162 Å². The lowest BCUT2D eigenvalue weighted by Gasteiger charge is -2.42. The number of thiophene rings is 1. The highest BCUT2D eigenvalue weighted by molar-refractivity contribution is 7.27. The van der Waals surface area contributed by atoms with E-state index in [1.165, 1.54) is 114 Å². The monoisotopic (exact) mass is 842 g/mol. The van der Waals surface area contributed by atoms with Crippen molar-refractivity contribution < 1.29 is 4.42 Å². The van der Waals surface area contributed by atoms with Crippen LogP contribution in [-0.2, 0) is 16.2 Å². The number of benzene rings is 8. The molecule has 11 aromatic rings. The lowest BCUT2D eigenvalue weighted by atomic mass is 9.43. The van der Waals surface area contributed by atoms with Crippen LogP contribution in [0, 0.1) is 0 Å². The van der Waals surface area contributed by atoms with Crippen LogP contribution in [0.15, 0.2) is 144 Å². The molecule has 2 aliphatic heterocycles. The number of para-hydroxylation sites is 1. The molecule has 3 nitrogen and oxygen atoms in total. The number of fused-ring (bicyclic) bond motifs is 19. The maximum absolute atomic E-state index is 6.79. The Labute approximate surface area is 377 Å². The van der Waals surface area contributed by atoms with E-state index in [4.69, 9.17) is 4.42 Å². The molecule has 0 radical (unpaired) electrons. The second-order valence-corrected chi connectivity index (χ2v) is 22.3. The van der Waals surface area contributed by atoms with Gasteiger partial charge in [0.1, 0.15) is 11.2 Å². The van der Waals surface area contributed by atoms with E-state index < -0.39 is 0 Å². The number of hydrogen-bond acceptors (Lipinski definition) is 3. The molecular weight excluding hydrogens is 796 g/mol. The molecule has 3 aromatic heterocycles. The Morgan fingerprint density at radius 1 is 0.562 bits per heavy atom. The quantitative estimate of drug-likeness (QED) is 0.154. The van der Waals surface area contributed by atoms with Crippen molar-refractivity contribution >= 4 is 104 Å². The summed E-state index contributed by atoms with van der Waals surface area (Å²) in [5.41, 5.74) is 21.4. The van der Waals surface area contributed by atoms with E-state index in [-0.39, 0.29) is 23.1 Å². The molecule has 8 aromatic carbocycles. The average molecular weight is 843 g/mol. The summed E-state index contributed by atoms with van der Waals surface area (Å²) in [5.74, 6) is 0. The highest BCUT2D eigenvalue weighted by Gasteiger charge is 2.48. The van der Waals surface area contributed by atoms with E-state index in [1.54, 1.807) is 0 Å². The Kier molecular flexibility index (Phi) is 6.89. The number of aromatic nitrogens is 1. The number of nitrogens with zero attached hydrogens (tertiary/aromatic N) is 2. The molecule has 14 rings (SSSR count). The third-order valence-electron chi connectivity index (χ3n) is 15.3. The second kappa shape index (κ2) is 12.0. The summed E-state index contributed by atoms with van der Waals surface area (Å²) in [6.45, 7) is 18.7. The first kappa shape index (κ1) is 36.9. The van der Waals surface area contributed by atoms with Gasteiger partial charge in [-0.25, -0.2) is 0 Å². The van der Waals surface area contributed by atoms with Crippen LogP contribution in [0.4, 0.5) is 11.4 Å². The zero-order valence-corrected chi connectivity index (χ0v) is 38.4. The summed E-state index contributed by atoms with van der Waals surface area (Å²) >= 11 is 1.96. The van der Waals surface area contributed by atoms with Crippen LogP contribution in [0.2, 0.25) is 0 Å². The molecule has 0 unspecified atom stereocenters. The molecule has 0 spiro atoms. The molecule has 0 N–H and O–H groups in total. The molecule has 308 valence electrons. The van der Waals surface area contributed by atoms with Crippen molar-refractivity contribution in [2.75, 3.05) is 4.81 Å². The van der Waals surface area contributed by atoms with Crippen molar-refractivity contribution in [1.82, 2.24) is 4.57 Å². The molecule has 0 bridgehead atoms. The summed E-state index contributed by atoms with van der Waals surface area (Å²) in [4.78, 5) is 2.70. The first-order valence-corrected chi connectivity index (χ1v) is 23.7. The van der Waals surface area contributed by atoms with Crippen LogP contribution < -0.4 is 15.7 Å². The van der Waals surface area contributed by atoms with Crippen molar-refractivity contribution in [3.8, 4) is 27.9 Å². The van der Waals surface area contributed by atoms with Crippen molar-refractivity contribution in [2.24, 2.45) is 0 Å². The van der Waals surface area contributed by atoms with E-state index in [1.807, 2.05) is 11.3 Å². The van der Waals surface area contributed by atoms with Crippen molar-refractivity contribution in [2.45, 2.75) is 71.6 Å². The van der Waals surface area contributed by atoms with Gasteiger partial charge in [-0.1, -0.05) is 140 Å². The van der Waals surface area contributed by atoms with Crippen LogP contribution in [0.1, 0.15) is 77.6 Å². The standard InChI is InChI=1S/C59H47BN2OS/c1-57(2,3)32-21-24-34(25-22-32)62-46-29-39-36-16-10-13-19-48(36)63-49(39)30-41(46)51-52-37-17-11-14-20-50(37)64-56(52)53-40-27-33(58(4,5)6)23-26-45(40)61-47-31-43-38(28-44(47)60(62)54(51)55(53)61)35-15-9-12-18-42(35)59(43,7)8/h9-31H,1-8H3. The van der Waals surface area contributed by atoms with Crippen LogP contribution >= 0.6 is 11.3 Å². The fourth-order valence-corrected chi connectivity index (χ4v) is 13.3. The van der Waals surface area contributed by atoms with Gasteiger partial charge in [-0.05, 0) is 115 Å². The highest BCUT2D eigenvalue weighted by atomic mass is 32.1. The number of anilines is 2. The molecule has 0 saturated carbocycles. The number of hydrogen-bond donors (Lipinski definition) is 0. The first-order valence-electron chi connectivity index (χ1n) is 22.9. The topological polar surface area (TPSA) is 21.3 Å². The van der Waals surface area contributed by atoms with Crippen LogP contribution in [0.3, 0.4) is 0 Å². The van der Waals surface area contributed by atoms with Gasteiger partial charge in [0.05, 0.1) is 11.0 Å². The van der Waals surface area contributed by atoms with E-state index >= 15 is 0 Å². The van der Waals surface area contributed by atoms with E-state index in [2.05, 4.69) is 204 Å². The Bertz CT molecular complexity index is 3900. The Hall–Kier alpha value is -6.56. The normalized spacial score (nSPS) is 14.9. The van der Waals surface area contributed by atoms with Crippen molar-refractivity contribution in [1.29, 1.82) is 0 Å². The zero-order chi connectivity index (χ0) is 43.3. The maximum atomic E-state index is 6.79. The minimum Gasteiger partial charge on any atom is -0.456 e. The van der Waals surface area contributed by atoms with Gasteiger partial charge in [0, 0.05) is 69.8 Å². The molecule has 5 heteroatoms. The van der Waals surface area contributed by atoms with Gasteiger partial charge in [-0.2, -0.15) is 0 Å². The molecule has 5 heterocycles. The molecule has 0 atom stereocenters. The van der Waals surface area contributed by atoms with Crippen LogP contribution in [0.5, 0.6) is 0 Å². The van der Waals surface area contributed by atoms with Gasteiger partial charge in [0.15, 0.2) is 0 Å². The summed E-state index contributed by atoms with van der Waals surface area (Å²) in [7, 11) is 0. The minimum atomic E-state index is -0.154. The van der Waals surface area contributed by atoms with E-state index in [9.17, 15) is 0 Å². The minimum absolute atomic E-state index is 0.0136. The second-order valence-electron chi connectivity index (χ2n) is 21.3. The zero-order valence-electron chi connectivity index (χ0n) is 37.6. The van der Waals surface area contributed by atoms with E-state index in [0.29, 0.717) is 0 Å². The fourth-order valence-electron chi connectivity index (χ4n) is 12.1. The van der Waals surface area contributed by atoms with Gasteiger partial charge in [0.2, 0.25) is 0 Å². The summed E-state index contributed by atoms with van der Waals surface area (Å²) < 4.78 is 12.1. The van der Waals surface area contributed by atoms with Gasteiger partial charge >= 0.3 is 6.85 Å². The molecule has 0 amide bonds. The fraction of sp³-hybridized carbons (Fsp3) is 0.186. The first-order chi connectivity index (χ1) is 30.8. The molecule has 0 fully saturated rings. The van der Waals surface area contributed by atoms with Crippen LogP contribution in [-0.4, -0.2) is 11.4 Å². The Balaban J connectivity index is 1.23. The maximum Gasteiger partial charge on any atom is 0.333 e. The van der Waals surface area contributed by atoms with Gasteiger partial charge in [0.25, 0.3) is 0 Å². The molecule has 3 aliphatic rings. The SMILES string of the molecule is CC(C)(C)c1ccc(N2B3c4cc5c(cc4-n4c6ccc(C(C)(C)C)cc6c6c7sc8ccccc8c7c(c3c64)-c3cc4oc6ccccc6c4cc32)C(C)(C)c2ccccc2-5)cc1. The molecule has 0 saturated heterocycles. The summed E-state index contributed by atoms with van der Waals surface area (Å²) in [5, 5.41) is 7.65. The van der Waals surface area contributed by atoms with Crippen molar-refractivity contribution in [3.63, 3.8) is 0 Å². The number of furan rings is 1. The average Bonchev–Trinajstić information content (AvgIpc) is 4.01. The third kappa shape index (κ3) is 4.58. The van der Waals surface area contributed by atoms with Gasteiger partial charge in [-0.3, -0.25) is 0 Å². The van der Waals surface area contributed by atoms with E-state index in [0.717, 1.165) is 21.9 Å². The van der Waals surface area contributed by atoms with Gasteiger partial charge < -0.3 is 13.8 Å². The summed E-state index contributed by atoms with van der Waals surface area (Å²) in [6.07, 6.45) is 0. The Morgan fingerprint density at radius 3 is 2.08 bits per heavy atom. The lowest BCUT2D eigenvalue weighted by Crippen LogP contribution is -2.60. The number of rotatable bonds is 1. The summed E-state index contributed by atoms with van der Waals surface area (Å²) in [6, 6.07) is 53.6. The third-order valence-corrected chi connectivity index (χ3v) is 16.5. The van der Waals surface area contributed by atoms with Gasteiger partial charge in [-0.15, -0.1) is 11.3 Å². The Morgan fingerprint density at radius 2 is 1.28 bits per heavy atom. The molecule has 1 aliphatic carbocycles. The molecular formula is C59H47BN2OS. The smallest absolute Gasteiger partial charge is 0.333 e. The predicted octanol–water partition coefficient (Wildman–Crippen LogP) is 15.2. The largest absolute Gasteiger partial charge is 0.456 e.